The second-order valence-electron chi connectivity index (χ2n) is 2.66. The Hall–Kier alpha value is -0.120. The van der Waals surface area contributed by atoms with Gasteiger partial charge < -0.3 is 5.32 Å². The largest absolute Gasteiger partial charge is 0.316 e. The van der Waals surface area contributed by atoms with Crippen LogP contribution in [0.25, 0.3) is 6.08 Å². The lowest BCUT2D eigenvalue weighted by molar-refractivity contribution is 0.922. The van der Waals surface area contributed by atoms with E-state index in [2.05, 4.69) is 61.5 Å². The van der Waals surface area contributed by atoms with Gasteiger partial charge in [-0.2, -0.15) is 0 Å². The second kappa shape index (κ2) is 5.58. The molecule has 1 rings (SSSR count). The maximum atomic E-state index is 3.44. The smallest absolute Gasteiger partial charge is 0.0192 e. The molecule has 0 aromatic heterocycles. The summed E-state index contributed by atoms with van der Waals surface area (Å²) < 4.78 is 2.18. The number of halogens is 2. The summed E-state index contributed by atoms with van der Waals surface area (Å²) in [6, 6.07) is 6.18. The van der Waals surface area contributed by atoms with Crippen molar-refractivity contribution in [1.82, 2.24) is 5.32 Å². The van der Waals surface area contributed by atoms with Gasteiger partial charge in [0.1, 0.15) is 0 Å². The highest BCUT2D eigenvalue weighted by atomic mass is 79.9. The van der Waals surface area contributed by atoms with Crippen molar-refractivity contribution < 1.29 is 0 Å². The topological polar surface area (TPSA) is 12.0 Å². The van der Waals surface area contributed by atoms with E-state index in [0.717, 1.165) is 15.5 Å². The van der Waals surface area contributed by atoms with E-state index in [1.165, 1.54) is 5.56 Å². The molecule has 0 aliphatic rings. The van der Waals surface area contributed by atoms with E-state index in [4.69, 9.17) is 0 Å². The zero-order valence-electron chi connectivity index (χ0n) is 7.35. The summed E-state index contributed by atoms with van der Waals surface area (Å²) in [6.45, 7) is 0.893. The highest BCUT2D eigenvalue weighted by Gasteiger charge is 1.93. The van der Waals surface area contributed by atoms with Gasteiger partial charge in [0, 0.05) is 15.5 Å². The quantitative estimate of drug-likeness (QED) is 0.902. The van der Waals surface area contributed by atoms with E-state index >= 15 is 0 Å². The highest BCUT2D eigenvalue weighted by Crippen LogP contribution is 2.20. The van der Waals surface area contributed by atoms with Crippen molar-refractivity contribution in [3.63, 3.8) is 0 Å². The minimum Gasteiger partial charge on any atom is -0.316 e. The number of likely N-dealkylation sites (N-methyl/N-ethyl adjacent to an activating group) is 1. The Labute approximate surface area is 95.5 Å². The van der Waals surface area contributed by atoms with E-state index < -0.39 is 0 Å². The number of rotatable bonds is 3. The summed E-state index contributed by atoms with van der Waals surface area (Å²) in [5, 5.41) is 3.06. The molecule has 0 saturated heterocycles. The molecule has 0 amide bonds. The summed E-state index contributed by atoms with van der Waals surface area (Å²) in [6.07, 6.45) is 4.18. The predicted molar refractivity (Wildman–Crippen MR) is 64.8 cm³/mol. The minimum atomic E-state index is 0.893. The molecule has 0 unspecified atom stereocenters. The normalized spacial score (nSPS) is 11.0. The Kier molecular flexibility index (Phi) is 4.70. The van der Waals surface area contributed by atoms with Crippen LogP contribution < -0.4 is 5.32 Å². The lowest BCUT2D eigenvalue weighted by Crippen LogP contribution is -2.03. The molecule has 0 aliphatic heterocycles. The fourth-order valence-corrected chi connectivity index (χ4v) is 2.31. The Balaban J connectivity index is 2.77. The van der Waals surface area contributed by atoms with Crippen molar-refractivity contribution in [3.8, 4) is 0 Å². The van der Waals surface area contributed by atoms with Crippen LogP contribution in [0.2, 0.25) is 0 Å². The van der Waals surface area contributed by atoms with Crippen molar-refractivity contribution in [2.24, 2.45) is 0 Å². The van der Waals surface area contributed by atoms with Crippen LogP contribution in [-0.2, 0) is 0 Å². The molecule has 1 nitrogen and oxygen atoms in total. The van der Waals surface area contributed by atoms with Gasteiger partial charge in [-0.1, -0.05) is 44.0 Å². The molecule has 0 saturated carbocycles. The van der Waals surface area contributed by atoms with Crippen LogP contribution in [0.1, 0.15) is 5.56 Å². The summed E-state index contributed by atoms with van der Waals surface area (Å²) in [5.74, 6) is 0. The zero-order valence-corrected chi connectivity index (χ0v) is 10.5. The molecule has 0 aliphatic carbocycles. The van der Waals surface area contributed by atoms with Gasteiger partial charge in [0.05, 0.1) is 0 Å². The molecule has 70 valence electrons. The zero-order chi connectivity index (χ0) is 9.68. The maximum Gasteiger partial charge on any atom is 0.0192 e. The summed E-state index contributed by atoms with van der Waals surface area (Å²) in [7, 11) is 1.93. The van der Waals surface area contributed by atoms with Gasteiger partial charge in [0.25, 0.3) is 0 Å². The van der Waals surface area contributed by atoms with Crippen LogP contribution >= 0.6 is 31.9 Å². The molecule has 0 radical (unpaired) electrons. The van der Waals surface area contributed by atoms with Gasteiger partial charge in [-0.15, -0.1) is 0 Å². The Morgan fingerprint density at radius 1 is 1.23 bits per heavy atom. The number of hydrogen-bond donors (Lipinski definition) is 1. The number of nitrogens with one attached hydrogen (secondary N) is 1. The first kappa shape index (κ1) is 11.0. The van der Waals surface area contributed by atoms with Crippen molar-refractivity contribution >= 4 is 37.9 Å². The molecular weight excluding hydrogens is 294 g/mol. The van der Waals surface area contributed by atoms with Crippen LogP contribution in [0.15, 0.2) is 33.2 Å². The average Bonchev–Trinajstić information content (AvgIpc) is 2.03. The molecule has 0 bridgehead atoms. The van der Waals surface area contributed by atoms with Crippen LogP contribution in [0, 0.1) is 0 Å². The standard InChI is InChI=1S/C10H11Br2N/c1-13-4-2-3-8-5-9(11)7-10(12)6-8/h2-3,5-7,13H,4H2,1H3/b3-2+. The molecule has 1 aromatic rings. The SMILES string of the molecule is CNC/C=C/c1cc(Br)cc(Br)c1. The molecule has 0 spiro atoms. The van der Waals surface area contributed by atoms with Gasteiger partial charge in [-0.05, 0) is 30.8 Å². The molecule has 3 heteroatoms. The first-order valence-electron chi connectivity index (χ1n) is 3.99. The highest BCUT2D eigenvalue weighted by molar-refractivity contribution is 9.11. The van der Waals surface area contributed by atoms with Crippen LogP contribution in [0.4, 0.5) is 0 Å². The summed E-state index contributed by atoms with van der Waals surface area (Å²) in [5.41, 5.74) is 1.19. The Bertz CT molecular complexity index is 288. The third kappa shape index (κ3) is 4.07. The molecule has 0 fully saturated rings. The van der Waals surface area contributed by atoms with Gasteiger partial charge in [-0.25, -0.2) is 0 Å². The third-order valence-electron chi connectivity index (χ3n) is 1.52. The van der Waals surface area contributed by atoms with Crippen molar-refractivity contribution in [3.05, 3.63) is 38.8 Å². The van der Waals surface area contributed by atoms with Gasteiger partial charge in [0.2, 0.25) is 0 Å². The van der Waals surface area contributed by atoms with Crippen molar-refractivity contribution in [2.45, 2.75) is 0 Å². The molecule has 1 aromatic carbocycles. The van der Waals surface area contributed by atoms with Crippen LogP contribution in [0.5, 0.6) is 0 Å². The van der Waals surface area contributed by atoms with E-state index in [-0.39, 0.29) is 0 Å². The molecule has 13 heavy (non-hydrogen) atoms. The molecule has 0 heterocycles. The fourth-order valence-electron chi connectivity index (χ4n) is 0.984. The number of hydrogen-bond acceptors (Lipinski definition) is 1. The third-order valence-corrected chi connectivity index (χ3v) is 2.43. The fraction of sp³-hybridized carbons (Fsp3) is 0.200. The van der Waals surface area contributed by atoms with Gasteiger partial charge >= 0.3 is 0 Å². The minimum absolute atomic E-state index is 0.893. The molecular formula is C10H11Br2N. The van der Waals surface area contributed by atoms with Gasteiger partial charge in [-0.3, -0.25) is 0 Å². The van der Waals surface area contributed by atoms with E-state index in [1.54, 1.807) is 0 Å². The molecule has 1 N–H and O–H groups in total. The summed E-state index contributed by atoms with van der Waals surface area (Å²) in [4.78, 5) is 0. The van der Waals surface area contributed by atoms with Crippen molar-refractivity contribution in [2.75, 3.05) is 13.6 Å². The lowest BCUT2D eigenvalue weighted by Gasteiger charge is -1.97. The van der Waals surface area contributed by atoms with Crippen molar-refractivity contribution in [1.29, 1.82) is 0 Å². The number of benzene rings is 1. The Morgan fingerprint density at radius 3 is 2.38 bits per heavy atom. The van der Waals surface area contributed by atoms with E-state index in [1.807, 2.05) is 13.1 Å². The van der Waals surface area contributed by atoms with E-state index in [9.17, 15) is 0 Å². The lowest BCUT2D eigenvalue weighted by atomic mass is 10.2. The monoisotopic (exact) mass is 303 g/mol. The second-order valence-corrected chi connectivity index (χ2v) is 4.49. The first-order valence-corrected chi connectivity index (χ1v) is 5.58. The van der Waals surface area contributed by atoms with Gasteiger partial charge in [0.15, 0.2) is 0 Å². The van der Waals surface area contributed by atoms with Crippen LogP contribution in [-0.4, -0.2) is 13.6 Å². The summed E-state index contributed by atoms with van der Waals surface area (Å²) >= 11 is 6.88. The maximum absolute atomic E-state index is 3.44. The van der Waals surface area contributed by atoms with E-state index in [0.29, 0.717) is 0 Å². The Morgan fingerprint density at radius 2 is 1.85 bits per heavy atom. The molecule has 0 atom stereocenters. The van der Waals surface area contributed by atoms with Crippen LogP contribution in [0.3, 0.4) is 0 Å². The first-order chi connectivity index (χ1) is 6.22. The average molecular weight is 305 g/mol. The predicted octanol–water partition coefficient (Wildman–Crippen LogP) is 3.44.